The van der Waals surface area contributed by atoms with Gasteiger partial charge in [-0.15, -0.1) is 11.3 Å². The van der Waals surface area contributed by atoms with Crippen molar-refractivity contribution in [1.82, 2.24) is 19.9 Å². The molecular weight excluding hydrogens is 300 g/mol. The number of hydrogen-bond acceptors (Lipinski definition) is 6. The molecule has 0 radical (unpaired) electrons. The van der Waals surface area contributed by atoms with Crippen molar-refractivity contribution in [3.05, 3.63) is 53.2 Å². The molecule has 0 saturated carbocycles. The molecule has 0 spiro atoms. The van der Waals surface area contributed by atoms with Crippen LogP contribution in [0, 0.1) is 6.92 Å². The van der Waals surface area contributed by atoms with Gasteiger partial charge in [0.25, 0.3) is 5.91 Å². The molecule has 0 saturated heterocycles. The van der Waals surface area contributed by atoms with Crippen LogP contribution in [-0.2, 0) is 6.54 Å². The summed E-state index contributed by atoms with van der Waals surface area (Å²) in [5.74, 6) is 1.18. The normalized spacial score (nSPS) is 10.6. The molecule has 112 valence electrons. The van der Waals surface area contributed by atoms with Crippen molar-refractivity contribution in [2.75, 3.05) is 7.05 Å². The monoisotopic (exact) mass is 314 g/mol. The minimum atomic E-state index is -0.0893. The molecule has 3 heterocycles. The van der Waals surface area contributed by atoms with E-state index in [0.29, 0.717) is 27.9 Å². The Kier molecular flexibility index (Phi) is 3.97. The van der Waals surface area contributed by atoms with Crippen LogP contribution in [0.2, 0.25) is 0 Å². The van der Waals surface area contributed by atoms with Gasteiger partial charge in [-0.3, -0.25) is 4.79 Å². The molecule has 7 heteroatoms. The highest BCUT2D eigenvalue weighted by Crippen LogP contribution is 2.26. The molecular formula is C15H14N4O2S. The summed E-state index contributed by atoms with van der Waals surface area (Å²) in [5, 5.41) is 0.646. The van der Waals surface area contributed by atoms with Crippen molar-refractivity contribution in [2.24, 2.45) is 0 Å². The zero-order valence-electron chi connectivity index (χ0n) is 12.2. The minimum absolute atomic E-state index is 0.0893. The molecule has 0 aliphatic heterocycles. The van der Waals surface area contributed by atoms with Crippen LogP contribution >= 0.6 is 11.3 Å². The Labute approximate surface area is 131 Å². The lowest BCUT2D eigenvalue weighted by molar-refractivity contribution is 0.0779. The first kappa shape index (κ1) is 14.4. The highest BCUT2D eigenvalue weighted by molar-refractivity contribution is 7.17. The number of aryl methyl sites for hydroxylation is 1. The first-order valence-electron chi connectivity index (χ1n) is 6.68. The maximum Gasteiger partial charge on any atom is 0.266 e. The molecule has 0 aliphatic carbocycles. The molecule has 0 aliphatic rings. The topological polar surface area (TPSA) is 72.1 Å². The molecule has 1 amide bonds. The quantitative estimate of drug-likeness (QED) is 0.740. The molecule has 0 fully saturated rings. The van der Waals surface area contributed by atoms with E-state index >= 15 is 0 Å². The molecule has 3 rings (SSSR count). The van der Waals surface area contributed by atoms with Crippen LogP contribution < -0.4 is 0 Å². The molecule has 3 aromatic rings. The van der Waals surface area contributed by atoms with Crippen LogP contribution in [0.25, 0.3) is 10.8 Å². The predicted molar refractivity (Wildman–Crippen MR) is 82.4 cm³/mol. The van der Waals surface area contributed by atoms with Gasteiger partial charge in [0, 0.05) is 19.4 Å². The Balaban J connectivity index is 1.82. The lowest BCUT2D eigenvalue weighted by Crippen LogP contribution is -2.25. The second kappa shape index (κ2) is 6.07. The largest absolute Gasteiger partial charge is 0.467 e. The van der Waals surface area contributed by atoms with Gasteiger partial charge in [-0.2, -0.15) is 0 Å². The SMILES string of the molecule is Cc1nc(-c2ncccn2)sc1C(=O)N(C)Cc1ccco1. The Morgan fingerprint density at radius 1 is 1.32 bits per heavy atom. The Hall–Kier alpha value is -2.54. The first-order valence-corrected chi connectivity index (χ1v) is 7.49. The van der Waals surface area contributed by atoms with E-state index in [-0.39, 0.29) is 5.91 Å². The van der Waals surface area contributed by atoms with Crippen molar-refractivity contribution in [3.8, 4) is 10.8 Å². The molecule has 0 atom stereocenters. The van der Waals surface area contributed by atoms with E-state index in [1.54, 1.807) is 42.7 Å². The zero-order valence-corrected chi connectivity index (χ0v) is 13.0. The van der Waals surface area contributed by atoms with E-state index < -0.39 is 0 Å². The summed E-state index contributed by atoms with van der Waals surface area (Å²) in [4.78, 5) is 27.5. The predicted octanol–water partition coefficient (Wildman–Crippen LogP) is 2.77. The van der Waals surface area contributed by atoms with Gasteiger partial charge in [-0.1, -0.05) is 0 Å². The average molecular weight is 314 g/mol. The number of nitrogens with zero attached hydrogens (tertiary/aromatic N) is 4. The number of hydrogen-bond donors (Lipinski definition) is 0. The lowest BCUT2D eigenvalue weighted by Gasteiger charge is -2.14. The highest BCUT2D eigenvalue weighted by Gasteiger charge is 2.21. The molecule has 0 N–H and O–H groups in total. The zero-order chi connectivity index (χ0) is 15.5. The smallest absolute Gasteiger partial charge is 0.266 e. The van der Waals surface area contributed by atoms with Gasteiger partial charge in [0.1, 0.15) is 10.6 Å². The van der Waals surface area contributed by atoms with Gasteiger partial charge in [0.05, 0.1) is 18.5 Å². The van der Waals surface area contributed by atoms with Gasteiger partial charge in [-0.25, -0.2) is 15.0 Å². The fraction of sp³-hybridized carbons (Fsp3) is 0.200. The van der Waals surface area contributed by atoms with Gasteiger partial charge >= 0.3 is 0 Å². The Morgan fingerprint density at radius 3 is 2.77 bits per heavy atom. The standard InChI is InChI=1S/C15H14N4O2S/c1-10-12(15(20)19(2)9-11-5-3-8-21-11)22-14(18-10)13-16-6-4-7-17-13/h3-8H,9H2,1-2H3. The van der Waals surface area contributed by atoms with Crippen LogP contribution in [0.5, 0.6) is 0 Å². The third-order valence-corrected chi connectivity index (χ3v) is 4.21. The number of carbonyl (C=O) groups is 1. The average Bonchev–Trinajstić information content (AvgIpc) is 3.17. The van der Waals surface area contributed by atoms with Crippen molar-refractivity contribution < 1.29 is 9.21 Å². The summed E-state index contributed by atoms with van der Waals surface area (Å²) in [7, 11) is 1.74. The van der Waals surface area contributed by atoms with E-state index in [2.05, 4.69) is 15.0 Å². The van der Waals surface area contributed by atoms with Crippen LogP contribution in [0.1, 0.15) is 21.1 Å². The Morgan fingerprint density at radius 2 is 2.09 bits per heavy atom. The summed E-state index contributed by atoms with van der Waals surface area (Å²) >= 11 is 1.30. The second-order valence-electron chi connectivity index (χ2n) is 4.75. The highest BCUT2D eigenvalue weighted by atomic mass is 32.1. The van der Waals surface area contributed by atoms with E-state index in [0.717, 1.165) is 5.76 Å². The third kappa shape index (κ3) is 2.89. The van der Waals surface area contributed by atoms with Crippen molar-refractivity contribution in [1.29, 1.82) is 0 Å². The number of thiazole rings is 1. The minimum Gasteiger partial charge on any atom is -0.467 e. The maximum atomic E-state index is 12.6. The molecule has 22 heavy (non-hydrogen) atoms. The van der Waals surface area contributed by atoms with Crippen molar-refractivity contribution >= 4 is 17.2 Å². The van der Waals surface area contributed by atoms with Gasteiger partial charge in [0.2, 0.25) is 0 Å². The fourth-order valence-corrected chi connectivity index (χ4v) is 2.99. The number of amides is 1. The lowest BCUT2D eigenvalue weighted by atomic mass is 10.3. The summed E-state index contributed by atoms with van der Waals surface area (Å²) in [6.07, 6.45) is 4.91. The van der Waals surface area contributed by atoms with E-state index in [1.807, 2.05) is 13.0 Å². The van der Waals surface area contributed by atoms with Crippen molar-refractivity contribution in [3.63, 3.8) is 0 Å². The fourth-order valence-electron chi connectivity index (χ4n) is 1.98. The van der Waals surface area contributed by atoms with E-state index in [1.165, 1.54) is 11.3 Å². The van der Waals surface area contributed by atoms with Crippen LogP contribution in [-0.4, -0.2) is 32.8 Å². The van der Waals surface area contributed by atoms with Gasteiger partial charge in [-0.05, 0) is 25.1 Å². The second-order valence-corrected chi connectivity index (χ2v) is 5.75. The third-order valence-electron chi connectivity index (χ3n) is 3.07. The maximum absolute atomic E-state index is 12.6. The number of carbonyl (C=O) groups excluding carboxylic acids is 1. The summed E-state index contributed by atoms with van der Waals surface area (Å²) in [6, 6.07) is 5.39. The number of furan rings is 1. The summed E-state index contributed by atoms with van der Waals surface area (Å²) in [6.45, 7) is 2.23. The van der Waals surface area contributed by atoms with Gasteiger partial charge < -0.3 is 9.32 Å². The van der Waals surface area contributed by atoms with Crippen LogP contribution in [0.4, 0.5) is 0 Å². The molecule has 3 aromatic heterocycles. The molecule has 0 unspecified atom stereocenters. The summed E-state index contributed by atoms with van der Waals surface area (Å²) in [5.41, 5.74) is 0.684. The summed E-state index contributed by atoms with van der Waals surface area (Å²) < 4.78 is 5.27. The number of rotatable bonds is 4. The Bertz CT molecular complexity index is 768. The van der Waals surface area contributed by atoms with Crippen molar-refractivity contribution in [2.45, 2.75) is 13.5 Å². The van der Waals surface area contributed by atoms with Gasteiger partial charge in [0.15, 0.2) is 10.8 Å². The first-order chi connectivity index (χ1) is 10.6. The van der Waals surface area contributed by atoms with E-state index in [4.69, 9.17) is 4.42 Å². The van der Waals surface area contributed by atoms with E-state index in [9.17, 15) is 4.79 Å². The van der Waals surface area contributed by atoms with Crippen LogP contribution in [0.15, 0.2) is 41.3 Å². The number of aromatic nitrogens is 3. The molecule has 6 nitrogen and oxygen atoms in total. The van der Waals surface area contributed by atoms with Crippen LogP contribution in [0.3, 0.4) is 0 Å². The molecule has 0 aromatic carbocycles. The molecule has 0 bridgehead atoms.